The number of carbonyl (C=O) groups excluding carboxylic acids is 1. The summed E-state index contributed by atoms with van der Waals surface area (Å²) in [5, 5.41) is 11.4. The molecule has 3 aromatic rings. The van der Waals surface area contributed by atoms with Gasteiger partial charge in [0.05, 0.1) is 16.8 Å². The molecule has 0 radical (unpaired) electrons. The molecule has 35 heavy (non-hydrogen) atoms. The number of nitrogens with one attached hydrogen (secondary N) is 2. The van der Waals surface area contributed by atoms with Gasteiger partial charge in [0, 0.05) is 41.3 Å². The maximum atomic E-state index is 14.0. The van der Waals surface area contributed by atoms with Crippen molar-refractivity contribution in [2.24, 2.45) is 0 Å². The van der Waals surface area contributed by atoms with Crippen molar-refractivity contribution in [2.45, 2.75) is 57.9 Å². The third-order valence-electron chi connectivity index (χ3n) is 8.19. The second-order valence-corrected chi connectivity index (χ2v) is 10.3. The number of nitrogens with zero attached hydrogens (tertiary/aromatic N) is 2. The molecule has 7 heteroatoms. The summed E-state index contributed by atoms with van der Waals surface area (Å²) >= 11 is 0. The molecule has 1 amide bonds. The zero-order valence-electron chi connectivity index (χ0n) is 20.3. The van der Waals surface area contributed by atoms with Gasteiger partial charge in [-0.05, 0) is 82.3 Å². The van der Waals surface area contributed by atoms with Crippen molar-refractivity contribution in [2.75, 3.05) is 26.2 Å². The van der Waals surface area contributed by atoms with Crippen molar-refractivity contribution in [3.63, 3.8) is 0 Å². The van der Waals surface area contributed by atoms with E-state index >= 15 is 0 Å². The number of allylic oxidation sites excluding steroid dienone is 1. The Hall–Kier alpha value is -3.06. The fraction of sp³-hybridized carbons (Fsp3) is 0.464. The van der Waals surface area contributed by atoms with Gasteiger partial charge < -0.3 is 24.9 Å². The van der Waals surface area contributed by atoms with Crippen LogP contribution in [0.15, 0.2) is 24.3 Å². The number of amides is 1. The van der Waals surface area contributed by atoms with Crippen molar-refractivity contribution in [1.82, 2.24) is 19.8 Å². The van der Waals surface area contributed by atoms with Crippen LogP contribution in [0.5, 0.6) is 5.88 Å². The monoisotopic (exact) mass is 476 g/mol. The summed E-state index contributed by atoms with van der Waals surface area (Å²) in [7, 11) is 0. The van der Waals surface area contributed by atoms with E-state index < -0.39 is 0 Å². The molecule has 0 spiro atoms. The normalized spacial score (nSPS) is 19.7. The van der Waals surface area contributed by atoms with E-state index in [1.807, 2.05) is 11.8 Å². The lowest BCUT2D eigenvalue weighted by Crippen LogP contribution is -2.48. The number of piperidine rings is 2. The van der Waals surface area contributed by atoms with Crippen LogP contribution in [0.3, 0.4) is 0 Å². The average Bonchev–Trinajstić information content (AvgIpc) is 3.39. The number of fused-ring (bicyclic) bond motifs is 2. The molecule has 1 aromatic carbocycles. The Kier molecular flexibility index (Phi) is 5.67. The minimum absolute atomic E-state index is 0.0182. The predicted molar refractivity (Wildman–Crippen MR) is 135 cm³/mol. The molecule has 0 atom stereocenters. The fourth-order valence-corrected chi connectivity index (χ4v) is 6.43. The number of likely N-dealkylation sites (tertiary alicyclic amines) is 2. The number of aromatic nitrogens is 2. The maximum Gasteiger partial charge on any atom is 0.255 e. The van der Waals surface area contributed by atoms with Gasteiger partial charge in [0.25, 0.3) is 5.91 Å². The summed E-state index contributed by atoms with van der Waals surface area (Å²) in [6.07, 6.45) is 9.61. The molecule has 0 unspecified atom stereocenters. The van der Waals surface area contributed by atoms with Gasteiger partial charge in [-0.2, -0.15) is 0 Å². The lowest BCUT2D eigenvalue weighted by molar-refractivity contribution is 0.0588. The first-order valence-electron chi connectivity index (χ1n) is 13.0. The summed E-state index contributed by atoms with van der Waals surface area (Å²) in [5.41, 5.74) is 5.59. The third kappa shape index (κ3) is 3.86. The highest BCUT2D eigenvalue weighted by atomic mass is 19.1. The Morgan fingerprint density at radius 3 is 2.63 bits per heavy atom. The van der Waals surface area contributed by atoms with Gasteiger partial charge in [0.1, 0.15) is 5.82 Å². The molecule has 4 heterocycles. The van der Waals surface area contributed by atoms with Crippen molar-refractivity contribution in [3.8, 4) is 5.88 Å². The number of aryl methyl sites for hydroxylation is 1. The molecule has 1 aliphatic carbocycles. The van der Waals surface area contributed by atoms with Crippen LogP contribution >= 0.6 is 0 Å². The molecular formula is C28H33FN4O2. The van der Waals surface area contributed by atoms with Gasteiger partial charge in [-0.3, -0.25) is 4.79 Å². The first kappa shape index (κ1) is 22.4. The molecule has 2 fully saturated rings. The first-order valence-corrected chi connectivity index (χ1v) is 13.0. The second kappa shape index (κ2) is 8.86. The zero-order valence-corrected chi connectivity index (χ0v) is 20.3. The highest BCUT2D eigenvalue weighted by molar-refractivity contribution is 6.03. The number of H-pyrrole nitrogens is 2. The lowest BCUT2D eigenvalue weighted by atomic mass is 9.89. The summed E-state index contributed by atoms with van der Waals surface area (Å²) in [5.74, 6) is -0.224. The highest BCUT2D eigenvalue weighted by Crippen LogP contribution is 2.42. The number of benzene rings is 1. The molecule has 184 valence electrons. The lowest BCUT2D eigenvalue weighted by Gasteiger charge is -2.40. The molecule has 0 saturated carbocycles. The highest BCUT2D eigenvalue weighted by Gasteiger charge is 2.33. The minimum atomic E-state index is -0.346. The standard InChI is InChI=1S/C28H33FN4O2/c1-17-24(28(35)33-14-10-19(11-15-33)32-12-3-2-4-13-32)20-6-5-7-21(26(20)30-17)25-22-16-18(29)8-9-23(22)31-27(25)34/h7-9,16,19,30-31,34H,2-6,10-15H2,1H3. The van der Waals surface area contributed by atoms with E-state index in [0.717, 1.165) is 66.9 Å². The molecule has 3 N–H and O–H groups in total. The molecule has 2 aromatic heterocycles. The van der Waals surface area contributed by atoms with Gasteiger partial charge in [0.15, 0.2) is 5.88 Å². The Morgan fingerprint density at radius 1 is 1.09 bits per heavy atom. The van der Waals surface area contributed by atoms with E-state index in [0.29, 0.717) is 22.5 Å². The van der Waals surface area contributed by atoms with E-state index in [1.54, 1.807) is 6.07 Å². The second-order valence-electron chi connectivity index (χ2n) is 10.3. The summed E-state index contributed by atoms with van der Waals surface area (Å²) in [6, 6.07) is 5.07. The quantitative estimate of drug-likeness (QED) is 0.491. The van der Waals surface area contributed by atoms with Crippen LogP contribution in [0.1, 0.15) is 71.4 Å². The number of carbonyl (C=O) groups is 1. The topological polar surface area (TPSA) is 75.4 Å². The molecular weight excluding hydrogens is 443 g/mol. The smallest absolute Gasteiger partial charge is 0.255 e. The average molecular weight is 477 g/mol. The molecule has 2 aliphatic heterocycles. The maximum absolute atomic E-state index is 14.0. The van der Waals surface area contributed by atoms with Crippen molar-refractivity contribution in [3.05, 3.63) is 58.2 Å². The Balaban J connectivity index is 1.28. The molecule has 2 saturated heterocycles. The summed E-state index contributed by atoms with van der Waals surface area (Å²) < 4.78 is 14.0. The Morgan fingerprint density at radius 2 is 1.86 bits per heavy atom. The minimum Gasteiger partial charge on any atom is -0.494 e. The summed E-state index contributed by atoms with van der Waals surface area (Å²) in [6.45, 7) is 5.94. The van der Waals surface area contributed by atoms with Crippen LogP contribution in [-0.2, 0) is 6.42 Å². The Bertz CT molecular complexity index is 1310. The predicted octanol–water partition coefficient (Wildman–Crippen LogP) is 5.12. The van der Waals surface area contributed by atoms with Crippen molar-refractivity contribution in [1.29, 1.82) is 0 Å². The van der Waals surface area contributed by atoms with Gasteiger partial charge >= 0.3 is 0 Å². The largest absolute Gasteiger partial charge is 0.494 e. The van der Waals surface area contributed by atoms with Crippen LogP contribution in [0.4, 0.5) is 4.39 Å². The van der Waals surface area contributed by atoms with Gasteiger partial charge in [-0.15, -0.1) is 0 Å². The SMILES string of the molecule is Cc1[nH]c2c(c1C(=O)N1CCC(N3CCCCC3)CC1)CCC=C2c1c(O)[nH]c2ccc(F)cc12. The first-order chi connectivity index (χ1) is 17.0. The molecule has 0 bridgehead atoms. The van der Waals surface area contributed by atoms with Gasteiger partial charge in [-0.25, -0.2) is 4.39 Å². The molecule has 3 aliphatic rings. The third-order valence-corrected chi connectivity index (χ3v) is 8.19. The van der Waals surface area contributed by atoms with Crippen LogP contribution in [0.2, 0.25) is 0 Å². The van der Waals surface area contributed by atoms with Gasteiger partial charge in [-0.1, -0.05) is 12.5 Å². The van der Waals surface area contributed by atoms with Gasteiger partial charge in [0.2, 0.25) is 0 Å². The van der Waals surface area contributed by atoms with E-state index in [1.165, 1.54) is 44.5 Å². The van der Waals surface area contributed by atoms with E-state index in [2.05, 4.69) is 20.9 Å². The van der Waals surface area contributed by atoms with E-state index in [-0.39, 0.29) is 17.6 Å². The van der Waals surface area contributed by atoms with Crippen molar-refractivity contribution < 1.29 is 14.3 Å². The number of aromatic amines is 2. The zero-order chi connectivity index (χ0) is 24.1. The van der Waals surface area contributed by atoms with E-state index in [4.69, 9.17) is 0 Å². The van der Waals surface area contributed by atoms with Crippen LogP contribution in [-0.4, -0.2) is 63.0 Å². The van der Waals surface area contributed by atoms with Crippen LogP contribution in [0.25, 0.3) is 16.5 Å². The summed E-state index contributed by atoms with van der Waals surface area (Å²) in [4.78, 5) is 24.8. The van der Waals surface area contributed by atoms with Crippen LogP contribution < -0.4 is 0 Å². The number of hydrogen-bond acceptors (Lipinski definition) is 3. The van der Waals surface area contributed by atoms with E-state index in [9.17, 15) is 14.3 Å². The number of halogens is 1. The number of aromatic hydroxyl groups is 1. The fourth-order valence-electron chi connectivity index (χ4n) is 6.43. The molecule has 6 nitrogen and oxygen atoms in total. The van der Waals surface area contributed by atoms with Crippen LogP contribution in [0, 0.1) is 12.7 Å². The Labute approximate surface area is 204 Å². The van der Waals surface area contributed by atoms with Crippen molar-refractivity contribution >= 4 is 22.4 Å². The number of rotatable bonds is 3. The number of hydrogen-bond donors (Lipinski definition) is 3. The molecule has 6 rings (SSSR count).